The fourth-order valence-electron chi connectivity index (χ4n) is 3.62. The molecule has 3 N–H and O–H groups in total. The summed E-state index contributed by atoms with van der Waals surface area (Å²) in [5, 5.41) is 0.394. The van der Waals surface area contributed by atoms with Gasteiger partial charge in [-0.2, -0.15) is 0 Å². The fraction of sp³-hybridized carbons (Fsp3) is 0. The Bertz CT molecular complexity index is 1760. The lowest BCUT2D eigenvalue weighted by Crippen LogP contribution is -2.17. The first kappa shape index (κ1) is 25.3. The molecular formula is C25H15F4N5O2S2. The van der Waals surface area contributed by atoms with E-state index in [2.05, 4.69) is 15.0 Å². The van der Waals surface area contributed by atoms with Gasteiger partial charge in [-0.3, -0.25) is 4.72 Å². The molecule has 0 atom stereocenters. The SMILES string of the molecule is Nc1nccc(-c2sc(-c3ccc(F)cc3)nc2-c2cccc(NS(=O)(=O)c3c(F)cccc3F)c2F)n1. The van der Waals surface area contributed by atoms with E-state index in [-0.39, 0.29) is 17.2 Å². The third-order valence-electron chi connectivity index (χ3n) is 5.31. The van der Waals surface area contributed by atoms with Crippen LogP contribution in [0.2, 0.25) is 0 Å². The number of halogens is 4. The van der Waals surface area contributed by atoms with Crippen molar-refractivity contribution in [3.8, 4) is 32.4 Å². The number of nitrogen functional groups attached to an aromatic ring is 1. The van der Waals surface area contributed by atoms with Crippen molar-refractivity contribution >= 4 is 33.0 Å². The van der Waals surface area contributed by atoms with Gasteiger partial charge in [0.1, 0.15) is 22.5 Å². The first-order valence-electron chi connectivity index (χ1n) is 10.8. The molecule has 0 aliphatic heterocycles. The summed E-state index contributed by atoms with van der Waals surface area (Å²) >= 11 is 1.12. The number of benzene rings is 3. The van der Waals surface area contributed by atoms with Crippen molar-refractivity contribution in [1.29, 1.82) is 0 Å². The highest BCUT2D eigenvalue weighted by Gasteiger charge is 2.27. The van der Waals surface area contributed by atoms with Crippen LogP contribution in [0.3, 0.4) is 0 Å². The largest absolute Gasteiger partial charge is 0.368 e. The van der Waals surface area contributed by atoms with E-state index >= 15 is 4.39 Å². The van der Waals surface area contributed by atoms with E-state index in [9.17, 15) is 21.6 Å². The second-order valence-electron chi connectivity index (χ2n) is 7.83. The molecule has 0 radical (unpaired) electrons. The average molecular weight is 558 g/mol. The lowest BCUT2D eigenvalue weighted by Gasteiger charge is -2.12. The minimum Gasteiger partial charge on any atom is -0.368 e. The monoisotopic (exact) mass is 557 g/mol. The number of nitrogens with one attached hydrogen (secondary N) is 1. The standard InChI is InChI=1S/C25H15F4N5O2S2/c26-14-9-7-13(8-10-14)24-33-21(22(37-24)19-11-12-31-25(30)32-19)15-3-1-6-18(20(15)29)34-38(35,36)23-16(27)4-2-5-17(23)28/h1-12,34H,(H2,30,31,32). The van der Waals surface area contributed by atoms with E-state index in [1.807, 2.05) is 4.72 Å². The zero-order valence-electron chi connectivity index (χ0n) is 19.0. The van der Waals surface area contributed by atoms with Crippen LogP contribution in [0.15, 0.2) is 77.8 Å². The van der Waals surface area contributed by atoms with Crippen molar-refractivity contribution in [2.24, 2.45) is 0 Å². The Morgan fingerprint density at radius 2 is 1.53 bits per heavy atom. The molecule has 2 aromatic heterocycles. The van der Waals surface area contributed by atoms with Crippen LogP contribution in [0.25, 0.3) is 32.4 Å². The summed E-state index contributed by atoms with van der Waals surface area (Å²) in [4.78, 5) is 11.7. The molecule has 0 aliphatic rings. The summed E-state index contributed by atoms with van der Waals surface area (Å²) < 4.78 is 85.0. The fourth-order valence-corrected chi connectivity index (χ4v) is 5.87. The number of aromatic nitrogens is 3. The quantitative estimate of drug-likeness (QED) is 0.253. The Kier molecular flexibility index (Phi) is 6.55. The predicted molar refractivity (Wildman–Crippen MR) is 136 cm³/mol. The second-order valence-corrected chi connectivity index (χ2v) is 10.4. The van der Waals surface area contributed by atoms with Gasteiger partial charge in [0.25, 0.3) is 10.0 Å². The van der Waals surface area contributed by atoms with Gasteiger partial charge >= 0.3 is 0 Å². The van der Waals surface area contributed by atoms with Crippen LogP contribution in [0.4, 0.5) is 29.2 Å². The minimum absolute atomic E-state index is 0.0425. The summed E-state index contributed by atoms with van der Waals surface area (Å²) in [6.45, 7) is 0. The molecule has 0 saturated carbocycles. The summed E-state index contributed by atoms with van der Waals surface area (Å²) in [6.07, 6.45) is 1.41. The Balaban J connectivity index is 1.64. The van der Waals surface area contributed by atoms with Gasteiger partial charge in [-0.05, 0) is 54.6 Å². The number of hydrogen-bond acceptors (Lipinski definition) is 7. The van der Waals surface area contributed by atoms with Gasteiger partial charge in [-0.1, -0.05) is 12.1 Å². The number of hydrogen-bond donors (Lipinski definition) is 2. The highest BCUT2D eigenvalue weighted by Crippen LogP contribution is 2.42. The lowest BCUT2D eigenvalue weighted by atomic mass is 10.1. The molecule has 7 nitrogen and oxygen atoms in total. The average Bonchev–Trinajstić information content (AvgIpc) is 3.31. The third kappa shape index (κ3) is 4.80. The van der Waals surface area contributed by atoms with E-state index in [1.54, 1.807) is 0 Å². The van der Waals surface area contributed by atoms with Crippen molar-refractivity contribution < 1.29 is 26.0 Å². The van der Waals surface area contributed by atoms with Gasteiger partial charge in [0.05, 0.1) is 22.0 Å². The van der Waals surface area contributed by atoms with Crippen molar-refractivity contribution in [3.63, 3.8) is 0 Å². The molecule has 5 aromatic rings. The van der Waals surface area contributed by atoms with E-state index in [0.717, 1.165) is 35.6 Å². The minimum atomic E-state index is -4.84. The molecule has 0 saturated heterocycles. The van der Waals surface area contributed by atoms with E-state index < -0.39 is 43.9 Å². The van der Waals surface area contributed by atoms with Crippen LogP contribution in [0.1, 0.15) is 0 Å². The molecule has 3 aromatic carbocycles. The molecule has 0 aliphatic carbocycles. The maximum absolute atomic E-state index is 15.8. The highest BCUT2D eigenvalue weighted by atomic mass is 32.2. The Morgan fingerprint density at radius 1 is 0.842 bits per heavy atom. The second kappa shape index (κ2) is 9.84. The van der Waals surface area contributed by atoms with Crippen LogP contribution in [0, 0.1) is 23.3 Å². The van der Waals surface area contributed by atoms with Gasteiger partial charge < -0.3 is 5.73 Å². The Hall–Kier alpha value is -4.36. The number of nitrogens with two attached hydrogens (primary N) is 1. The van der Waals surface area contributed by atoms with Crippen molar-refractivity contribution in [2.45, 2.75) is 4.90 Å². The molecule has 192 valence electrons. The maximum atomic E-state index is 15.8. The summed E-state index contributed by atoms with van der Waals surface area (Å²) in [5.74, 6) is -4.21. The molecule has 5 rings (SSSR count). The third-order valence-corrected chi connectivity index (χ3v) is 7.85. The van der Waals surface area contributed by atoms with Crippen molar-refractivity contribution in [2.75, 3.05) is 10.5 Å². The number of nitrogens with zero attached hydrogens (tertiary/aromatic N) is 3. The topological polar surface area (TPSA) is 111 Å². The molecule has 38 heavy (non-hydrogen) atoms. The van der Waals surface area contributed by atoms with E-state index in [0.29, 0.717) is 21.1 Å². The summed E-state index contributed by atoms with van der Waals surface area (Å²) in [7, 11) is -4.84. The van der Waals surface area contributed by atoms with Crippen molar-refractivity contribution in [3.05, 3.63) is 96.2 Å². The smallest absolute Gasteiger partial charge is 0.267 e. The number of thiazole rings is 1. The molecule has 2 heterocycles. The van der Waals surface area contributed by atoms with Crippen LogP contribution >= 0.6 is 11.3 Å². The molecule has 0 bridgehead atoms. The first-order valence-corrected chi connectivity index (χ1v) is 13.1. The van der Waals surface area contributed by atoms with E-state index in [4.69, 9.17) is 5.73 Å². The molecular weight excluding hydrogens is 542 g/mol. The zero-order chi connectivity index (χ0) is 27.0. The molecule has 0 amide bonds. The number of sulfonamides is 1. The summed E-state index contributed by atoms with van der Waals surface area (Å²) in [5.41, 5.74) is 5.98. The van der Waals surface area contributed by atoms with Gasteiger partial charge in [0, 0.05) is 17.3 Å². The van der Waals surface area contributed by atoms with Crippen molar-refractivity contribution in [1.82, 2.24) is 15.0 Å². The van der Waals surface area contributed by atoms with Gasteiger partial charge in [0.2, 0.25) is 5.95 Å². The Morgan fingerprint density at radius 3 is 2.21 bits per heavy atom. The highest BCUT2D eigenvalue weighted by molar-refractivity contribution is 7.92. The maximum Gasteiger partial charge on any atom is 0.267 e. The Labute approximate surface area is 217 Å². The van der Waals surface area contributed by atoms with Gasteiger partial charge in [-0.25, -0.2) is 40.9 Å². The number of rotatable bonds is 6. The van der Waals surface area contributed by atoms with Gasteiger partial charge in [-0.15, -0.1) is 11.3 Å². The molecule has 13 heteroatoms. The molecule has 0 fully saturated rings. The zero-order valence-corrected chi connectivity index (χ0v) is 20.6. The van der Waals surface area contributed by atoms with Crippen LogP contribution in [0.5, 0.6) is 0 Å². The first-order chi connectivity index (χ1) is 18.1. The molecule has 0 spiro atoms. The molecule has 0 unspecified atom stereocenters. The lowest BCUT2D eigenvalue weighted by molar-refractivity contribution is 0.521. The predicted octanol–water partition coefficient (Wildman–Crippen LogP) is 5.87. The van der Waals surface area contributed by atoms with Crippen LogP contribution < -0.4 is 10.5 Å². The van der Waals surface area contributed by atoms with Crippen LogP contribution in [-0.4, -0.2) is 23.4 Å². The van der Waals surface area contributed by atoms with Gasteiger partial charge in [0.15, 0.2) is 10.7 Å². The van der Waals surface area contributed by atoms with Crippen LogP contribution in [-0.2, 0) is 10.0 Å². The summed E-state index contributed by atoms with van der Waals surface area (Å²) in [6, 6.07) is 13.4. The number of anilines is 2. The normalized spacial score (nSPS) is 11.5. The van der Waals surface area contributed by atoms with E-state index in [1.165, 1.54) is 48.7 Å².